The van der Waals surface area contributed by atoms with E-state index in [-0.39, 0.29) is 32.7 Å². The summed E-state index contributed by atoms with van der Waals surface area (Å²) in [7, 11) is -4.80. The molecule has 0 saturated carbocycles. The topological polar surface area (TPSA) is 196 Å². The lowest BCUT2D eigenvalue weighted by Gasteiger charge is -2.18. The molecule has 2 aromatic rings. The van der Waals surface area contributed by atoms with Crippen LogP contribution in [0.3, 0.4) is 0 Å². The minimum atomic E-state index is -4.80. The number of hydrogen-bond acceptors (Lipinski definition) is 10. The van der Waals surface area contributed by atoms with Crippen molar-refractivity contribution in [3.05, 3.63) is 71.8 Å². The van der Waals surface area contributed by atoms with Crippen molar-refractivity contribution in [1.82, 2.24) is 10.6 Å². The number of esters is 2. The summed E-state index contributed by atoms with van der Waals surface area (Å²) >= 11 is 0. The van der Waals surface area contributed by atoms with Crippen molar-refractivity contribution in [3.8, 4) is 0 Å². The highest BCUT2D eigenvalue weighted by molar-refractivity contribution is 7.46. The summed E-state index contributed by atoms with van der Waals surface area (Å²) in [4.78, 5) is 66.5. The van der Waals surface area contributed by atoms with Crippen molar-refractivity contribution < 1.29 is 57.0 Å². The van der Waals surface area contributed by atoms with Gasteiger partial charge in [0.15, 0.2) is 6.10 Å². The Kier molecular flexibility index (Phi) is 28.5. The van der Waals surface area contributed by atoms with E-state index in [0.29, 0.717) is 25.9 Å². The van der Waals surface area contributed by atoms with Crippen molar-refractivity contribution in [2.45, 2.75) is 148 Å². The summed E-state index contributed by atoms with van der Waals surface area (Å²) in [6, 6.07) is 19.1. The zero-order chi connectivity index (χ0) is 41.9. The molecule has 0 saturated heterocycles. The van der Waals surface area contributed by atoms with Crippen LogP contribution in [0.5, 0.6) is 0 Å². The molecule has 0 bridgehead atoms. The molecule has 0 heterocycles. The molecule has 0 aliphatic rings. The minimum absolute atomic E-state index is 0.143. The first-order valence-electron chi connectivity index (χ1n) is 21.0. The summed E-state index contributed by atoms with van der Waals surface area (Å²) in [5.74, 6) is -1.01. The highest BCUT2D eigenvalue weighted by Gasteiger charge is 2.23. The summed E-state index contributed by atoms with van der Waals surface area (Å²) in [5.41, 5.74) is 1.90. The maximum atomic E-state index is 12.4. The predicted octanol–water partition coefficient (Wildman–Crippen LogP) is 9.21. The summed E-state index contributed by atoms with van der Waals surface area (Å²) < 4.78 is 36.8. The average molecular weight is 835 g/mol. The van der Waals surface area contributed by atoms with E-state index in [4.69, 9.17) is 28.7 Å². The van der Waals surface area contributed by atoms with Crippen molar-refractivity contribution in [3.63, 3.8) is 0 Å². The number of alkyl carbamates (subject to hydrolysis) is 2. The van der Waals surface area contributed by atoms with Crippen molar-refractivity contribution in [1.29, 1.82) is 0 Å². The Bertz CT molecular complexity index is 1430. The van der Waals surface area contributed by atoms with Crippen LogP contribution in [0.4, 0.5) is 9.59 Å². The third-order valence-corrected chi connectivity index (χ3v) is 9.72. The second-order valence-electron chi connectivity index (χ2n) is 14.4. The highest BCUT2D eigenvalue weighted by atomic mass is 31.2. The summed E-state index contributed by atoms with van der Waals surface area (Å²) in [5, 5.41) is 5.56. The highest BCUT2D eigenvalue weighted by Crippen LogP contribution is 2.36. The first-order valence-corrected chi connectivity index (χ1v) is 22.6. The van der Waals surface area contributed by atoms with Gasteiger partial charge >= 0.3 is 31.9 Å². The molecule has 0 aromatic heterocycles. The molecule has 0 aliphatic heterocycles. The lowest BCUT2D eigenvalue weighted by Crippen LogP contribution is -2.29. The van der Waals surface area contributed by atoms with Gasteiger partial charge in [0.05, 0.1) is 6.61 Å². The number of amides is 2. The number of nitrogens with one attached hydrogen (secondary N) is 2. The maximum Gasteiger partial charge on any atom is 0.469 e. The lowest BCUT2D eigenvalue weighted by molar-refractivity contribution is -0.161. The number of unbranched alkanes of at least 4 members (excludes halogenated alkanes) is 16. The largest absolute Gasteiger partial charge is 0.469 e. The SMILES string of the molecule is O=C(CCCCCCCCCCCNC(=O)OCc1ccccc1)OCC(COP(=O)(O)O)OC(=O)CCCCCCCCCCCNC(=O)OCc1ccccc1. The molecule has 14 nitrogen and oxygen atoms in total. The standard InChI is InChI=1S/C43H67N2O12P/c46-40(29-21-11-7-3-1-5-9-13-23-31-44-42(48)54-33-37-25-17-15-18-26-37)53-35-39(36-56-58(50,51)52)57-41(47)30-22-12-8-4-2-6-10-14-24-32-45-43(49)55-34-38-27-19-16-20-28-38/h15-20,25-28,39H,1-14,21-24,29-36H2,(H,44,48)(H,45,49)(H2,50,51,52). The van der Waals surface area contributed by atoms with Gasteiger partial charge in [-0.25, -0.2) is 14.2 Å². The second kappa shape index (κ2) is 32.9. The van der Waals surface area contributed by atoms with Gasteiger partial charge < -0.3 is 39.4 Å². The summed E-state index contributed by atoms with van der Waals surface area (Å²) in [6.45, 7) is 0.754. The smallest absolute Gasteiger partial charge is 0.462 e. The Morgan fingerprint density at radius 1 is 0.500 bits per heavy atom. The van der Waals surface area contributed by atoms with Crippen LogP contribution in [0.1, 0.15) is 140 Å². The van der Waals surface area contributed by atoms with Gasteiger partial charge in [0.1, 0.15) is 19.8 Å². The van der Waals surface area contributed by atoms with E-state index >= 15 is 0 Å². The zero-order valence-corrected chi connectivity index (χ0v) is 35.1. The number of carbonyl (C=O) groups excluding carboxylic acids is 4. The van der Waals surface area contributed by atoms with Crippen LogP contribution in [0.2, 0.25) is 0 Å². The molecule has 0 fully saturated rings. The number of hydrogen-bond donors (Lipinski definition) is 4. The quantitative estimate of drug-likeness (QED) is 0.0226. The van der Waals surface area contributed by atoms with E-state index in [1.54, 1.807) is 0 Å². The van der Waals surface area contributed by atoms with Crippen LogP contribution in [-0.4, -0.2) is 66.3 Å². The molecular formula is C43H67N2O12P. The van der Waals surface area contributed by atoms with Gasteiger partial charge in [-0.3, -0.25) is 14.1 Å². The van der Waals surface area contributed by atoms with Gasteiger partial charge in [0.25, 0.3) is 0 Å². The number of phosphoric acid groups is 1. The second-order valence-corrected chi connectivity index (χ2v) is 15.7. The van der Waals surface area contributed by atoms with E-state index in [1.165, 1.54) is 0 Å². The number of phosphoric ester groups is 1. The molecule has 2 amide bonds. The maximum absolute atomic E-state index is 12.4. The number of rotatable bonds is 34. The molecule has 2 rings (SSSR count). The van der Waals surface area contributed by atoms with Crippen LogP contribution in [0.15, 0.2) is 60.7 Å². The fourth-order valence-electron chi connectivity index (χ4n) is 5.99. The molecule has 2 aromatic carbocycles. The molecule has 4 N–H and O–H groups in total. The number of ether oxygens (including phenoxy) is 4. The normalized spacial score (nSPS) is 11.7. The average Bonchev–Trinajstić information content (AvgIpc) is 3.21. The zero-order valence-electron chi connectivity index (χ0n) is 34.2. The Morgan fingerprint density at radius 2 is 0.879 bits per heavy atom. The summed E-state index contributed by atoms with van der Waals surface area (Å²) in [6.07, 6.45) is 15.9. The fraction of sp³-hybridized carbons (Fsp3) is 0.628. The Labute approximate surface area is 344 Å². The molecule has 1 atom stereocenters. The molecular weight excluding hydrogens is 767 g/mol. The van der Waals surface area contributed by atoms with Gasteiger partial charge in [-0.15, -0.1) is 0 Å². The van der Waals surface area contributed by atoms with Crippen molar-refractivity contribution in [2.75, 3.05) is 26.3 Å². The van der Waals surface area contributed by atoms with E-state index in [0.717, 1.165) is 114 Å². The van der Waals surface area contributed by atoms with Gasteiger partial charge in [-0.1, -0.05) is 151 Å². The van der Waals surface area contributed by atoms with Crippen LogP contribution >= 0.6 is 7.82 Å². The molecule has 326 valence electrons. The molecule has 15 heteroatoms. The van der Waals surface area contributed by atoms with E-state index < -0.39 is 44.7 Å². The molecule has 0 aliphatic carbocycles. The van der Waals surface area contributed by atoms with E-state index in [9.17, 15) is 23.7 Å². The lowest BCUT2D eigenvalue weighted by atomic mass is 10.1. The molecule has 0 spiro atoms. The van der Waals surface area contributed by atoms with Crippen molar-refractivity contribution >= 4 is 31.9 Å². The van der Waals surface area contributed by atoms with E-state index in [1.807, 2.05) is 60.7 Å². The number of carbonyl (C=O) groups is 4. The van der Waals surface area contributed by atoms with Crippen LogP contribution in [0, 0.1) is 0 Å². The van der Waals surface area contributed by atoms with Crippen LogP contribution in [0.25, 0.3) is 0 Å². The van der Waals surface area contributed by atoms with Crippen molar-refractivity contribution in [2.24, 2.45) is 0 Å². The Balaban J connectivity index is 1.41. The third kappa shape index (κ3) is 30.2. The van der Waals surface area contributed by atoms with Crippen LogP contribution < -0.4 is 10.6 Å². The molecule has 1 unspecified atom stereocenters. The van der Waals surface area contributed by atoms with Crippen LogP contribution in [-0.2, 0) is 50.8 Å². The van der Waals surface area contributed by atoms with E-state index in [2.05, 4.69) is 15.2 Å². The monoisotopic (exact) mass is 834 g/mol. The first-order chi connectivity index (χ1) is 28.1. The van der Waals surface area contributed by atoms with Gasteiger partial charge in [0, 0.05) is 25.9 Å². The van der Waals surface area contributed by atoms with Gasteiger partial charge in [0.2, 0.25) is 0 Å². The Morgan fingerprint density at radius 3 is 1.29 bits per heavy atom. The number of benzene rings is 2. The minimum Gasteiger partial charge on any atom is -0.462 e. The first kappa shape index (κ1) is 50.2. The molecule has 58 heavy (non-hydrogen) atoms. The third-order valence-electron chi connectivity index (χ3n) is 9.24. The molecule has 0 radical (unpaired) electrons. The fourth-order valence-corrected chi connectivity index (χ4v) is 6.35. The Hall–Kier alpha value is -3.97. The van der Waals surface area contributed by atoms with Gasteiger partial charge in [-0.05, 0) is 36.8 Å². The van der Waals surface area contributed by atoms with Gasteiger partial charge in [-0.2, -0.15) is 0 Å². The predicted molar refractivity (Wildman–Crippen MR) is 220 cm³/mol.